The summed E-state index contributed by atoms with van der Waals surface area (Å²) in [7, 11) is 0. The molecule has 1 N–H and O–H groups in total. The van der Waals surface area contributed by atoms with E-state index in [1.54, 1.807) is 6.26 Å². The molecule has 2 aromatic heterocycles. The van der Waals surface area contributed by atoms with Gasteiger partial charge in [-0.25, -0.2) is 0 Å². The molecular formula is C15H16N2O2. The number of fused-ring (bicyclic) bond motifs is 1. The van der Waals surface area contributed by atoms with E-state index in [4.69, 9.17) is 8.94 Å². The van der Waals surface area contributed by atoms with Crippen LogP contribution in [0.25, 0.3) is 11.0 Å². The molecule has 0 aliphatic carbocycles. The molecule has 2 heterocycles. The van der Waals surface area contributed by atoms with Gasteiger partial charge in [-0.05, 0) is 25.5 Å². The van der Waals surface area contributed by atoms with Crippen LogP contribution in [0, 0.1) is 6.92 Å². The van der Waals surface area contributed by atoms with Crippen LogP contribution in [0.5, 0.6) is 0 Å². The zero-order valence-corrected chi connectivity index (χ0v) is 11.0. The molecule has 4 nitrogen and oxygen atoms in total. The summed E-state index contributed by atoms with van der Waals surface area (Å²) < 4.78 is 10.7. The first kappa shape index (κ1) is 12.0. The van der Waals surface area contributed by atoms with Gasteiger partial charge in [-0.2, -0.15) is 0 Å². The number of furan rings is 1. The number of aromatic nitrogens is 1. The Kier molecular flexibility index (Phi) is 3.09. The molecule has 1 aromatic carbocycles. The molecule has 0 aliphatic rings. The molecule has 0 bridgehead atoms. The molecular weight excluding hydrogens is 240 g/mol. The van der Waals surface area contributed by atoms with Gasteiger partial charge in [0, 0.05) is 18.0 Å². The minimum Gasteiger partial charge on any atom is -0.459 e. The number of aryl methyl sites for hydroxylation is 1. The molecule has 1 unspecified atom stereocenters. The Hall–Kier alpha value is -2.07. The van der Waals surface area contributed by atoms with Crippen LogP contribution < -0.4 is 5.32 Å². The third-order valence-corrected chi connectivity index (χ3v) is 3.35. The van der Waals surface area contributed by atoms with Crippen molar-refractivity contribution in [2.75, 3.05) is 0 Å². The zero-order chi connectivity index (χ0) is 13.2. The van der Waals surface area contributed by atoms with E-state index in [9.17, 15) is 0 Å². The van der Waals surface area contributed by atoms with E-state index in [0.29, 0.717) is 6.54 Å². The number of hydrogen-bond acceptors (Lipinski definition) is 4. The third-order valence-electron chi connectivity index (χ3n) is 3.35. The largest absolute Gasteiger partial charge is 0.459 e. The highest BCUT2D eigenvalue weighted by atomic mass is 16.5. The Balaban J connectivity index is 1.81. The predicted molar refractivity (Wildman–Crippen MR) is 72.7 cm³/mol. The van der Waals surface area contributed by atoms with E-state index >= 15 is 0 Å². The second-order valence-corrected chi connectivity index (χ2v) is 4.68. The number of benzene rings is 1. The molecule has 0 radical (unpaired) electrons. The third kappa shape index (κ3) is 2.27. The minimum absolute atomic E-state index is 0.129. The Morgan fingerprint density at radius 2 is 2.11 bits per heavy atom. The molecule has 0 fully saturated rings. The number of rotatable bonds is 4. The fraction of sp³-hybridized carbons (Fsp3) is 0.267. The van der Waals surface area contributed by atoms with Gasteiger partial charge in [0.1, 0.15) is 17.6 Å². The molecule has 98 valence electrons. The van der Waals surface area contributed by atoms with Crippen molar-refractivity contribution >= 4 is 11.0 Å². The van der Waals surface area contributed by atoms with Crippen molar-refractivity contribution in [3.05, 3.63) is 53.6 Å². The summed E-state index contributed by atoms with van der Waals surface area (Å²) in [6.45, 7) is 4.84. The quantitative estimate of drug-likeness (QED) is 0.775. The normalized spacial score (nSPS) is 12.9. The number of para-hydroxylation sites is 1. The summed E-state index contributed by atoms with van der Waals surface area (Å²) in [5.74, 6) is 0.977. The highest BCUT2D eigenvalue weighted by Crippen LogP contribution is 2.29. The standard InChI is InChI=1S/C15H16N2O2/c1-10-13-5-3-4-6-14(13)19-15(10)11(2)16-9-12-7-8-18-17-12/h3-8,11,16H,9H2,1-2H3. The number of hydrogen-bond donors (Lipinski definition) is 1. The van der Waals surface area contributed by atoms with Crippen molar-refractivity contribution in [3.63, 3.8) is 0 Å². The molecule has 0 saturated carbocycles. The Labute approximate surface area is 111 Å². The fourth-order valence-corrected chi connectivity index (χ4v) is 2.29. The van der Waals surface area contributed by atoms with E-state index in [2.05, 4.69) is 30.4 Å². The van der Waals surface area contributed by atoms with E-state index in [-0.39, 0.29) is 6.04 Å². The van der Waals surface area contributed by atoms with Gasteiger partial charge in [-0.1, -0.05) is 23.4 Å². The SMILES string of the molecule is Cc1c(C(C)NCc2ccon2)oc2ccccc12. The van der Waals surface area contributed by atoms with Gasteiger partial charge < -0.3 is 14.3 Å². The van der Waals surface area contributed by atoms with E-state index in [1.165, 1.54) is 10.9 Å². The number of nitrogens with one attached hydrogen (secondary N) is 1. The summed E-state index contributed by atoms with van der Waals surface area (Å²) in [5, 5.41) is 8.44. The first-order valence-corrected chi connectivity index (χ1v) is 6.36. The van der Waals surface area contributed by atoms with Crippen LogP contribution in [0.15, 0.2) is 45.5 Å². The lowest BCUT2D eigenvalue weighted by Crippen LogP contribution is -2.18. The average Bonchev–Trinajstić information content (AvgIpc) is 3.05. The van der Waals surface area contributed by atoms with E-state index in [1.807, 2.05) is 24.3 Å². The van der Waals surface area contributed by atoms with Crippen molar-refractivity contribution < 1.29 is 8.94 Å². The molecule has 4 heteroatoms. The molecule has 0 spiro atoms. The van der Waals surface area contributed by atoms with Gasteiger partial charge in [-0.3, -0.25) is 0 Å². The lowest BCUT2D eigenvalue weighted by atomic mass is 10.1. The van der Waals surface area contributed by atoms with Crippen molar-refractivity contribution in [1.29, 1.82) is 0 Å². The van der Waals surface area contributed by atoms with Gasteiger partial charge in [0.2, 0.25) is 0 Å². The maximum Gasteiger partial charge on any atom is 0.134 e. The predicted octanol–water partition coefficient (Wildman–Crippen LogP) is 3.58. The van der Waals surface area contributed by atoms with Crippen LogP contribution in [-0.2, 0) is 6.54 Å². The Morgan fingerprint density at radius 3 is 2.84 bits per heavy atom. The van der Waals surface area contributed by atoms with Gasteiger partial charge in [0.05, 0.1) is 11.7 Å². The monoisotopic (exact) mass is 256 g/mol. The van der Waals surface area contributed by atoms with E-state index < -0.39 is 0 Å². The summed E-state index contributed by atoms with van der Waals surface area (Å²) >= 11 is 0. The van der Waals surface area contributed by atoms with Gasteiger partial charge in [0.25, 0.3) is 0 Å². The number of nitrogens with zero attached hydrogens (tertiary/aromatic N) is 1. The molecule has 3 rings (SSSR count). The molecule has 0 saturated heterocycles. The molecule has 19 heavy (non-hydrogen) atoms. The zero-order valence-electron chi connectivity index (χ0n) is 11.0. The first-order valence-electron chi connectivity index (χ1n) is 6.36. The van der Waals surface area contributed by atoms with E-state index in [0.717, 1.165) is 17.0 Å². The van der Waals surface area contributed by atoms with Crippen molar-refractivity contribution in [2.45, 2.75) is 26.4 Å². The molecule has 3 aromatic rings. The van der Waals surface area contributed by atoms with Crippen molar-refractivity contribution in [2.24, 2.45) is 0 Å². The van der Waals surface area contributed by atoms with Crippen LogP contribution in [0.4, 0.5) is 0 Å². The molecule has 0 amide bonds. The topological polar surface area (TPSA) is 51.2 Å². The van der Waals surface area contributed by atoms with Crippen LogP contribution >= 0.6 is 0 Å². The average molecular weight is 256 g/mol. The maximum absolute atomic E-state index is 5.92. The summed E-state index contributed by atoms with van der Waals surface area (Å²) in [6.07, 6.45) is 1.58. The summed E-state index contributed by atoms with van der Waals surface area (Å²) in [4.78, 5) is 0. The van der Waals surface area contributed by atoms with Crippen LogP contribution in [0.1, 0.15) is 30.0 Å². The smallest absolute Gasteiger partial charge is 0.134 e. The molecule has 0 aliphatic heterocycles. The van der Waals surface area contributed by atoms with Crippen LogP contribution in [0.3, 0.4) is 0 Å². The second-order valence-electron chi connectivity index (χ2n) is 4.68. The van der Waals surface area contributed by atoms with Gasteiger partial charge in [0.15, 0.2) is 0 Å². The maximum atomic E-state index is 5.92. The fourth-order valence-electron chi connectivity index (χ4n) is 2.29. The Bertz CT molecular complexity index is 671. The van der Waals surface area contributed by atoms with Gasteiger partial charge in [-0.15, -0.1) is 0 Å². The first-order chi connectivity index (χ1) is 9.25. The highest BCUT2D eigenvalue weighted by Gasteiger charge is 2.16. The van der Waals surface area contributed by atoms with Crippen LogP contribution in [-0.4, -0.2) is 5.16 Å². The minimum atomic E-state index is 0.129. The molecule has 1 atom stereocenters. The summed E-state index contributed by atoms with van der Waals surface area (Å²) in [5.41, 5.74) is 3.02. The lowest BCUT2D eigenvalue weighted by molar-refractivity contribution is 0.399. The summed E-state index contributed by atoms with van der Waals surface area (Å²) in [6, 6.07) is 10.1. The Morgan fingerprint density at radius 1 is 1.26 bits per heavy atom. The second kappa shape index (κ2) is 4.90. The van der Waals surface area contributed by atoms with Gasteiger partial charge >= 0.3 is 0 Å². The van der Waals surface area contributed by atoms with Crippen molar-refractivity contribution in [1.82, 2.24) is 10.5 Å². The highest BCUT2D eigenvalue weighted by molar-refractivity contribution is 5.82. The lowest BCUT2D eigenvalue weighted by Gasteiger charge is -2.10. The van der Waals surface area contributed by atoms with Crippen molar-refractivity contribution in [3.8, 4) is 0 Å². The van der Waals surface area contributed by atoms with Crippen LogP contribution in [0.2, 0.25) is 0 Å².